The molecule has 1 unspecified atom stereocenters. The average molecular weight is 255 g/mol. The molecule has 1 saturated heterocycles. The largest absolute Gasteiger partial charge is 0.389 e. The third-order valence-corrected chi connectivity index (χ3v) is 4.59. The summed E-state index contributed by atoms with van der Waals surface area (Å²) in [6.07, 6.45) is 7.08. The third-order valence-electron chi connectivity index (χ3n) is 4.59. The molecule has 0 radical (unpaired) electrons. The maximum absolute atomic E-state index is 10.7. The van der Waals surface area contributed by atoms with Gasteiger partial charge in [-0.05, 0) is 57.9 Å². The molecule has 0 spiro atoms. The van der Waals surface area contributed by atoms with Gasteiger partial charge in [-0.25, -0.2) is 0 Å². The summed E-state index contributed by atoms with van der Waals surface area (Å²) in [6, 6.07) is 0. The Labute approximate surface area is 112 Å². The van der Waals surface area contributed by atoms with Crippen LogP contribution in [0.3, 0.4) is 0 Å². The van der Waals surface area contributed by atoms with E-state index in [4.69, 9.17) is 4.74 Å². The van der Waals surface area contributed by atoms with Crippen molar-refractivity contribution in [2.75, 3.05) is 26.2 Å². The molecule has 0 aromatic rings. The SMILES string of the molecule is CCOC1CCCN(CC2(O)CCC(C)CC2)C1. The second-order valence-electron chi connectivity index (χ2n) is 6.36. The first kappa shape index (κ1) is 14.3. The molecule has 2 rings (SSSR count). The fourth-order valence-electron chi connectivity index (χ4n) is 3.40. The van der Waals surface area contributed by atoms with E-state index in [0.29, 0.717) is 6.10 Å². The number of aliphatic hydroxyl groups is 1. The quantitative estimate of drug-likeness (QED) is 0.837. The van der Waals surface area contributed by atoms with Crippen molar-refractivity contribution >= 4 is 0 Å². The molecule has 0 bridgehead atoms. The molecular formula is C15H29NO2. The maximum atomic E-state index is 10.7. The van der Waals surface area contributed by atoms with Gasteiger partial charge < -0.3 is 9.84 Å². The smallest absolute Gasteiger partial charge is 0.0774 e. The van der Waals surface area contributed by atoms with E-state index >= 15 is 0 Å². The molecule has 1 N–H and O–H groups in total. The number of likely N-dealkylation sites (tertiary alicyclic amines) is 1. The number of β-amino-alcohol motifs (C(OH)–C–C–N with tert-alkyl or cyclic N) is 1. The Morgan fingerprint density at radius 2 is 2.00 bits per heavy atom. The Hall–Kier alpha value is -0.120. The normalized spacial score (nSPS) is 38.8. The molecule has 1 atom stereocenters. The van der Waals surface area contributed by atoms with Crippen LogP contribution in [0.2, 0.25) is 0 Å². The molecule has 3 nitrogen and oxygen atoms in total. The second-order valence-corrected chi connectivity index (χ2v) is 6.36. The van der Waals surface area contributed by atoms with E-state index in [1.54, 1.807) is 0 Å². The molecule has 1 aliphatic carbocycles. The van der Waals surface area contributed by atoms with Gasteiger partial charge in [0.25, 0.3) is 0 Å². The first-order valence-corrected chi connectivity index (χ1v) is 7.67. The number of rotatable bonds is 4. The molecule has 0 amide bonds. The van der Waals surface area contributed by atoms with Crippen LogP contribution in [0.25, 0.3) is 0 Å². The summed E-state index contributed by atoms with van der Waals surface area (Å²) in [4.78, 5) is 2.42. The van der Waals surface area contributed by atoms with E-state index in [2.05, 4.69) is 18.7 Å². The number of hydrogen-bond donors (Lipinski definition) is 1. The molecule has 1 heterocycles. The standard InChI is InChI=1S/C15H29NO2/c1-3-18-14-5-4-10-16(11-14)12-15(17)8-6-13(2)7-9-15/h13-14,17H,3-12H2,1-2H3. The minimum absolute atomic E-state index is 0.384. The zero-order chi connectivity index (χ0) is 13.0. The molecule has 1 saturated carbocycles. The lowest BCUT2D eigenvalue weighted by molar-refractivity contribution is -0.0597. The summed E-state index contributed by atoms with van der Waals surface area (Å²) in [5, 5.41) is 10.7. The highest BCUT2D eigenvalue weighted by Gasteiger charge is 2.34. The third kappa shape index (κ3) is 3.94. The van der Waals surface area contributed by atoms with E-state index in [1.807, 2.05) is 0 Å². The highest BCUT2D eigenvalue weighted by Crippen LogP contribution is 2.33. The highest BCUT2D eigenvalue weighted by atomic mass is 16.5. The second kappa shape index (κ2) is 6.36. The minimum Gasteiger partial charge on any atom is -0.389 e. The summed E-state index contributed by atoms with van der Waals surface area (Å²) >= 11 is 0. The van der Waals surface area contributed by atoms with Gasteiger partial charge in [0, 0.05) is 19.7 Å². The van der Waals surface area contributed by atoms with Gasteiger partial charge in [-0.2, -0.15) is 0 Å². The van der Waals surface area contributed by atoms with Gasteiger partial charge in [-0.3, -0.25) is 4.90 Å². The molecule has 2 fully saturated rings. The molecule has 2 aliphatic rings. The van der Waals surface area contributed by atoms with Crippen molar-refractivity contribution in [1.29, 1.82) is 0 Å². The topological polar surface area (TPSA) is 32.7 Å². The lowest BCUT2D eigenvalue weighted by Gasteiger charge is -2.41. The molecule has 18 heavy (non-hydrogen) atoms. The van der Waals surface area contributed by atoms with Crippen molar-refractivity contribution < 1.29 is 9.84 Å². The van der Waals surface area contributed by atoms with Gasteiger partial charge in [-0.1, -0.05) is 6.92 Å². The Kier molecular flexibility index (Phi) is 5.05. The van der Waals surface area contributed by atoms with Crippen LogP contribution in [0.4, 0.5) is 0 Å². The first-order chi connectivity index (χ1) is 8.61. The number of piperidine rings is 1. The van der Waals surface area contributed by atoms with Crippen LogP contribution in [-0.2, 0) is 4.74 Å². The predicted octanol–water partition coefficient (Wildman–Crippen LogP) is 2.43. The summed E-state index contributed by atoms with van der Waals surface area (Å²) < 4.78 is 5.73. The van der Waals surface area contributed by atoms with E-state index in [1.165, 1.54) is 25.7 Å². The van der Waals surface area contributed by atoms with E-state index in [9.17, 15) is 5.11 Å². The molecule has 0 aromatic heterocycles. The Bertz CT molecular complexity index is 247. The average Bonchev–Trinajstić information content (AvgIpc) is 2.34. The lowest BCUT2D eigenvalue weighted by atomic mass is 9.79. The van der Waals surface area contributed by atoms with Gasteiger partial charge in [-0.15, -0.1) is 0 Å². The molecular weight excluding hydrogens is 226 g/mol. The van der Waals surface area contributed by atoms with Crippen molar-refractivity contribution in [3.8, 4) is 0 Å². The monoisotopic (exact) mass is 255 g/mol. The highest BCUT2D eigenvalue weighted by molar-refractivity contribution is 4.89. The molecule has 3 heteroatoms. The molecule has 1 aliphatic heterocycles. The van der Waals surface area contributed by atoms with Crippen LogP contribution in [-0.4, -0.2) is 48.0 Å². The number of ether oxygens (including phenoxy) is 1. The Morgan fingerprint density at radius 3 is 2.67 bits per heavy atom. The van der Waals surface area contributed by atoms with Crippen molar-refractivity contribution in [1.82, 2.24) is 4.90 Å². The van der Waals surface area contributed by atoms with Crippen molar-refractivity contribution in [3.05, 3.63) is 0 Å². The van der Waals surface area contributed by atoms with Gasteiger partial charge in [0.15, 0.2) is 0 Å². The van der Waals surface area contributed by atoms with Crippen LogP contribution in [0.5, 0.6) is 0 Å². The Balaban J connectivity index is 1.81. The van der Waals surface area contributed by atoms with Crippen molar-refractivity contribution in [3.63, 3.8) is 0 Å². The van der Waals surface area contributed by atoms with Gasteiger partial charge in [0.1, 0.15) is 0 Å². The van der Waals surface area contributed by atoms with Crippen LogP contribution in [0, 0.1) is 5.92 Å². The fraction of sp³-hybridized carbons (Fsp3) is 1.00. The van der Waals surface area contributed by atoms with Crippen molar-refractivity contribution in [2.24, 2.45) is 5.92 Å². The van der Waals surface area contributed by atoms with Gasteiger partial charge in [0.05, 0.1) is 11.7 Å². The van der Waals surface area contributed by atoms with Crippen LogP contribution >= 0.6 is 0 Å². The maximum Gasteiger partial charge on any atom is 0.0774 e. The van der Waals surface area contributed by atoms with E-state index in [0.717, 1.165) is 45.0 Å². The minimum atomic E-state index is -0.430. The van der Waals surface area contributed by atoms with Gasteiger partial charge in [0.2, 0.25) is 0 Å². The van der Waals surface area contributed by atoms with Crippen LogP contribution < -0.4 is 0 Å². The predicted molar refractivity (Wildman–Crippen MR) is 73.7 cm³/mol. The van der Waals surface area contributed by atoms with Gasteiger partial charge >= 0.3 is 0 Å². The first-order valence-electron chi connectivity index (χ1n) is 7.67. The summed E-state index contributed by atoms with van der Waals surface area (Å²) in [6.45, 7) is 8.15. The zero-order valence-electron chi connectivity index (χ0n) is 12.0. The molecule has 0 aromatic carbocycles. The van der Waals surface area contributed by atoms with E-state index < -0.39 is 5.60 Å². The summed E-state index contributed by atoms with van der Waals surface area (Å²) in [5.74, 6) is 0.794. The van der Waals surface area contributed by atoms with Crippen LogP contribution in [0.15, 0.2) is 0 Å². The number of nitrogens with zero attached hydrogens (tertiary/aromatic N) is 1. The Morgan fingerprint density at radius 1 is 1.28 bits per heavy atom. The van der Waals surface area contributed by atoms with Crippen molar-refractivity contribution in [2.45, 2.75) is 64.1 Å². The van der Waals surface area contributed by atoms with Crippen LogP contribution in [0.1, 0.15) is 52.4 Å². The zero-order valence-corrected chi connectivity index (χ0v) is 12.0. The summed E-state index contributed by atoms with van der Waals surface area (Å²) in [7, 11) is 0. The lowest BCUT2D eigenvalue weighted by Crippen LogP contribution is -2.49. The van der Waals surface area contributed by atoms with E-state index in [-0.39, 0.29) is 0 Å². The molecule has 106 valence electrons. The summed E-state index contributed by atoms with van der Waals surface area (Å²) in [5.41, 5.74) is -0.430. The fourth-order valence-corrected chi connectivity index (χ4v) is 3.40. The number of hydrogen-bond acceptors (Lipinski definition) is 3.